The van der Waals surface area contributed by atoms with Crippen LogP contribution in [0.3, 0.4) is 0 Å². The van der Waals surface area contributed by atoms with Gasteiger partial charge in [-0.2, -0.15) is 5.10 Å². The number of carbonyl (C=O) groups excluding carboxylic acids is 1. The highest BCUT2D eigenvalue weighted by atomic mass is 16.5. The van der Waals surface area contributed by atoms with Crippen molar-refractivity contribution in [2.45, 2.75) is 18.9 Å². The summed E-state index contributed by atoms with van der Waals surface area (Å²) in [4.78, 5) is 19.1. The summed E-state index contributed by atoms with van der Waals surface area (Å²) in [6.07, 6.45) is 5.24. The Morgan fingerprint density at radius 3 is 2.93 bits per heavy atom. The molecular formula is C20H17N5O2. The molecule has 1 saturated heterocycles. The summed E-state index contributed by atoms with van der Waals surface area (Å²) >= 11 is 0. The summed E-state index contributed by atoms with van der Waals surface area (Å²) in [5.74, 6) is 0.444. The van der Waals surface area contributed by atoms with Crippen molar-refractivity contribution in [3.8, 4) is 11.3 Å². The molecule has 1 atom stereocenters. The fourth-order valence-electron chi connectivity index (χ4n) is 3.66. The van der Waals surface area contributed by atoms with Gasteiger partial charge in [0.05, 0.1) is 6.04 Å². The number of hydrogen-bond donors (Lipinski definition) is 0. The molecule has 0 radical (unpaired) electrons. The van der Waals surface area contributed by atoms with Gasteiger partial charge in [0.2, 0.25) is 0 Å². The van der Waals surface area contributed by atoms with E-state index >= 15 is 0 Å². The number of likely N-dealkylation sites (tertiary alicyclic amines) is 1. The van der Waals surface area contributed by atoms with Crippen molar-refractivity contribution in [1.29, 1.82) is 0 Å². The van der Waals surface area contributed by atoms with E-state index in [9.17, 15) is 4.79 Å². The SMILES string of the molecule is O=C(c1cc(-c2ccn3ncnc3c2)on1)N1CCC[C@H]1c1ccccc1. The van der Waals surface area contributed by atoms with E-state index in [-0.39, 0.29) is 11.9 Å². The van der Waals surface area contributed by atoms with Crippen molar-refractivity contribution in [1.82, 2.24) is 24.7 Å². The summed E-state index contributed by atoms with van der Waals surface area (Å²) in [5.41, 5.74) is 3.00. The molecule has 0 N–H and O–H groups in total. The third kappa shape index (κ3) is 2.77. The predicted octanol–water partition coefficient (Wildman–Crippen LogP) is 3.36. The van der Waals surface area contributed by atoms with Crippen LogP contribution in [0, 0.1) is 0 Å². The summed E-state index contributed by atoms with van der Waals surface area (Å²) in [7, 11) is 0. The van der Waals surface area contributed by atoms with Crippen molar-refractivity contribution < 1.29 is 9.32 Å². The van der Waals surface area contributed by atoms with Crippen molar-refractivity contribution in [2.75, 3.05) is 6.54 Å². The second-order valence-corrected chi connectivity index (χ2v) is 6.62. The minimum absolute atomic E-state index is 0.0891. The average Bonchev–Trinajstić information content (AvgIpc) is 3.47. The van der Waals surface area contributed by atoms with Crippen LogP contribution < -0.4 is 0 Å². The maximum Gasteiger partial charge on any atom is 0.276 e. The predicted molar refractivity (Wildman–Crippen MR) is 97.9 cm³/mol. The number of hydrogen-bond acceptors (Lipinski definition) is 5. The smallest absolute Gasteiger partial charge is 0.276 e. The van der Waals surface area contributed by atoms with E-state index in [2.05, 4.69) is 27.4 Å². The minimum Gasteiger partial charge on any atom is -0.355 e. The highest BCUT2D eigenvalue weighted by molar-refractivity contribution is 5.93. The molecule has 0 unspecified atom stereocenters. The first-order valence-electron chi connectivity index (χ1n) is 8.92. The normalized spacial score (nSPS) is 16.9. The van der Waals surface area contributed by atoms with Gasteiger partial charge in [-0.05, 0) is 30.5 Å². The molecule has 27 heavy (non-hydrogen) atoms. The molecular weight excluding hydrogens is 342 g/mol. The number of rotatable bonds is 3. The van der Waals surface area contributed by atoms with Crippen molar-refractivity contribution in [2.24, 2.45) is 0 Å². The van der Waals surface area contributed by atoms with Crippen LogP contribution in [0.1, 0.15) is 34.9 Å². The lowest BCUT2D eigenvalue weighted by Crippen LogP contribution is -2.30. The van der Waals surface area contributed by atoms with Crippen LogP contribution in [0.2, 0.25) is 0 Å². The van der Waals surface area contributed by atoms with Gasteiger partial charge < -0.3 is 9.42 Å². The highest BCUT2D eigenvalue weighted by Crippen LogP contribution is 2.33. The molecule has 4 heterocycles. The first-order chi connectivity index (χ1) is 13.3. The third-order valence-electron chi connectivity index (χ3n) is 4.99. The Bertz CT molecular complexity index is 1100. The van der Waals surface area contributed by atoms with Gasteiger partial charge >= 0.3 is 0 Å². The number of carbonyl (C=O) groups is 1. The van der Waals surface area contributed by atoms with Gasteiger partial charge in [-0.25, -0.2) is 9.50 Å². The zero-order valence-electron chi connectivity index (χ0n) is 14.5. The van der Waals surface area contributed by atoms with E-state index in [0.29, 0.717) is 17.1 Å². The molecule has 1 aliphatic rings. The molecule has 1 fully saturated rings. The molecule has 5 rings (SSSR count). The topological polar surface area (TPSA) is 76.5 Å². The van der Waals surface area contributed by atoms with Gasteiger partial charge in [0.15, 0.2) is 17.1 Å². The number of fused-ring (bicyclic) bond motifs is 1. The Labute approximate surface area is 155 Å². The zero-order valence-corrected chi connectivity index (χ0v) is 14.5. The van der Waals surface area contributed by atoms with Gasteiger partial charge in [-0.1, -0.05) is 35.5 Å². The van der Waals surface area contributed by atoms with E-state index in [1.165, 1.54) is 6.33 Å². The number of benzene rings is 1. The van der Waals surface area contributed by atoms with E-state index in [4.69, 9.17) is 4.52 Å². The monoisotopic (exact) mass is 359 g/mol. The van der Waals surface area contributed by atoms with Crippen LogP contribution in [0.25, 0.3) is 17.0 Å². The Kier molecular flexibility index (Phi) is 3.71. The second-order valence-electron chi connectivity index (χ2n) is 6.62. The van der Waals surface area contributed by atoms with Crippen LogP contribution in [0.5, 0.6) is 0 Å². The first-order valence-corrected chi connectivity index (χ1v) is 8.92. The Balaban J connectivity index is 1.42. The first kappa shape index (κ1) is 15.7. The molecule has 1 aliphatic heterocycles. The molecule has 0 saturated carbocycles. The van der Waals surface area contributed by atoms with Gasteiger partial charge in [-0.15, -0.1) is 0 Å². The summed E-state index contributed by atoms with van der Waals surface area (Å²) in [6.45, 7) is 0.728. The minimum atomic E-state index is -0.0973. The largest absolute Gasteiger partial charge is 0.355 e. The lowest BCUT2D eigenvalue weighted by molar-refractivity contribution is 0.0725. The van der Waals surface area contributed by atoms with E-state index in [1.54, 1.807) is 16.8 Å². The maximum absolute atomic E-state index is 13.0. The van der Waals surface area contributed by atoms with Gasteiger partial charge in [-0.3, -0.25) is 4.79 Å². The van der Waals surface area contributed by atoms with E-state index < -0.39 is 0 Å². The van der Waals surface area contributed by atoms with E-state index in [1.807, 2.05) is 35.2 Å². The second kappa shape index (κ2) is 6.35. The number of nitrogens with zero attached hydrogens (tertiary/aromatic N) is 5. The van der Waals surface area contributed by atoms with E-state index in [0.717, 1.165) is 30.5 Å². The molecule has 3 aromatic heterocycles. The van der Waals surface area contributed by atoms with Crippen LogP contribution >= 0.6 is 0 Å². The molecule has 4 aromatic rings. The van der Waals surface area contributed by atoms with Gasteiger partial charge in [0.1, 0.15) is 6.33 Å². The maximum atomic E-state index is 13.0. The fourth-order valence-corrected chi connectivity index (χ4v) is 3.66. The fraction of sp³-hybridized carbons (Fsp3) is 0.200. The molecule has 0 bridgehead atoms. The number of amides is 1. The molecule has 7 heteroatoms. The molecule has 1 aromatic carbocycles. The lowest BCUT2D eigenvalue weighted by atomic mass is 10.0. The highest BCUT2D eigenvalue weighted by Gasteiger charge is 2.32. The van der Waals surface area contributed by atoms with Crippen LogP contribution in [-0.4, -0.2) is 37.1 Å². The Morgan fingerprint density at radius 1 is 1.15 bits per heavy atom. The molecule has 7 nitrogen and oxygen atoms in total. The van der Waals surface area contributed by atoms with Crippen molar-refractivity contribution in [3.63, 3.8) is 0 Å². The van der Waals surface area contributed by atoms with Gasteiger partial charge in [0, 0.05) is 24.4 Å². The molecule has 0 aliphatic carbocycles. The molecule has 1 amide bonds. The van der Waals surface area contributed by atoms with Crippen LogP contribution in [-0.2, 0) is 0 Å². The number of aromatic nitrogens is 4. The van der Waals surface area contributed by atoms with Crippen molar-refractivity contribution >= 4 is 11.6 Å². The summed E-state index contributed by atoms with van der Waals surface area (Å²) < 4.78 is 7.11. The molecule has 0 spiro atoms. The Morgan fingerprint density at radius 2 is 2.04 bits per heavy atom. The Hall–Kier alpha value is -3.48. The number of pyridine rings is 1. The van der Waals surface area contributed by atoms with Gasteiger partial charge in [0.25, 0.3) is 5.91 Å². The quantitative estimate of drug-likeness (QED) is 0.561. The lowest BCUT2D eigenvalue weighted by Gasteiger charge is -2.24. The summed E-state index contributed by atoms with van der Waals surface area (Å²) in [6, 6.07) is 15.6. The standard InChI is InChI=1S/C20H17N5O2/c26-20(24-9-4-7-17(24)14-5-2-1-3-6-14)16-12-18(27-23-16)15-8-10-25-19(11-15)21-13-22-25/h1-3,5-6,8,10-13,17H,4,7,9H2/t17-/m0/s1. The summed E-state index contributed by atoms with van der Waals surface area (Å²) in [5, 5.41) is 8.10. The van der Waals surface area contributed by atoms with Crippen molar-refractivity contribution in [3.05, 3.63) is 72.3 Å². The zero-order chi connectivity index (χ0) is 18.2. The van der Waals surface area contributed by atoms with Crippen LogP contribution in [0.4, 0.5) is 0 Å². The molecule has 134 valence electrons. The third-order valence-corrected chi connectivity index (χ3v) is 4.99. The van der Waals surface area contributed by atoms with Crippen LogP contribution in [0.15, 0.2) is 65.6 Å². The average molecular weight is 359 g/mol.